The van der Waals surface area contributed by atoms with Gasteiger partial charge in [0.15, 0.2) is 0 Å². The standard InChI is InChI=1S/C18H18N2O3/c1-12-7-3-4-8-13(12)19-14-11-17(21)20(18(14)22)15-9-5-6-10-16(15)23-2/h3-10,14,19H,11H2,1-2H3. The lowest BCUT2D eigenvalue weighted by Gasteiger charge is -2.18. The number of para-hydroxylation sites is 3. The van der Waals surface area contributed by atoms with Crippen molar-refractivity contribution in [3.63, 3.8) is 0 Å². The third-order valence-corrected chi connectivity index (χ3v) is 3.95. The van der Waals surface area contributed by atoms with Crippen molar-refractivity contribution < 1.29 is 14.3 Å². The van der Waals surface area contributed by atoms with Crippen LogP contribution < -0.4 is 15.0 Å². The van der Waals surface area contributed by atoms with Gasteiger partial charge < -0.3 is 10.1 Å². The number of nitrogens with one attached hydrogen (secondary N) is 1. The summed E-state index contributed by atoms with van der Waals surface area (Å²) in [7, 11) is 1.52. The smallest absolute Gasteiger partial charge is 0.256 e. The number of imide groups is 1. The zero-order valence-electron chi connectivity index (χ0n) is 13.1. The van der Waals surface area contributed by atoms with Crippen molar-refractivity contribution in [3.05, 3.63) is 54.1 Å². The van der Waals surface area contributed by atoms with Crippen LogP contribution in [-0.2, 0) is 9.59 Å². The van der Waals surface area contributed by atoms with E-state index in [0.717, 1.165) is 11.3 Å². The molecule has 2 amide bonds. The SMILES string of the molecule is COc1ccccc1N1C(=O)CC(Nc2ccccc2C)C1=O. The lowest BCUT2D eigenvalue weighted by molar-refractivity contribution is -0.121. The summed E-state index contributed by atoms with van der Waals surface area (Å²) in [5, 5.41) is 3.17. The zero-order valence-corrected chi connectivity index (χ0v) is 13.1. The first-order chi connectivity index (χ1) is 11.1. The van der Waals surface area contributed by atoms with Crippen molar-refractivity contribution >= 4 is 23.2 Å². The molecule has 5 nitrogen and oxygen atoms in total. The maximum atomic E-state index is 12.7. The Morgan fingerprint density at radius 2 is 1.78 bits per heavy atom. The number of amides is 2. The summed E-state index contributed by atoms with van der Waals surface area (Å²) < 4.78 is 5.26. The van der Waals surface area contributed by atoms with Crippen LogP contribution >= 0.6 is 0 Å². The van der Waals surface area contributed by atoms with Crippen molar-refractivity contribution in [2.45, 2.75) is 19.4 Å². The van der Waals surface area contributed by atoms with Crippen LogP contribution in [0.25, 0.3) is 0 Å². The molecule has 0 aromatic heterocycles. The van der Waals surface area contributed by atoms with Gasteiger partial charge in [-0.05, 0) is 30.7 Å². The number of nitrogens with zero attached hydrogens (tertiary/aromatic N) is 1. The van der Waals surface area contributed by atoms with Crippen LogP contribution in [0.3, 0.4) is 0 Å². The first-order valence-corrected chi connectivity index (χ1v) is 7.44. The highest BCUT2D eigenvalue weighted by molar-refractivity contribution is 6.23. The molecule has 0 bridgehead atoms. The van der Waals surface area contributed by atoms with Gasteiger partial charge in [-0.2, -0.15) is 0 Å². The fourth-order valence-corrected chi connectivity index (χ4v) is 2.73. The van der Waals surface area contributed by atoms with Gasteiger partial charge in [0.2, 0.25) is 5.91 Å². The first kappa shape index (κ1) is 15.1. The van der Waals surface area contributed by atoms with Gasteiger partial charge in [0.25, 0.3) is 5.91 Å². The van der Waals surface area contributed by atoms with Gasteiger partial charge in [-0.25, -0.2) is 4.90 Å². The van der Waals surface area contributed by atoms with Crippen molar-refractivity contribution in [2.24, 2.45) is 0 Å². The molecule has 1 fully saturated rings. The fraction of sp³-hybridized carbons (Fsp3) is 0.222. The maximum Gasteiger partial charge on any atom is 0.256 e. The van der Waals surface area contributed by atoms with Crippen LogP contribution in [0.15, 0.2) is 48.5 Å². The van der Waals surface area contributed by atoms with E-state index in [1.165, 1.54) is 12.0 Å². The van der Waals surface area contributed by atoms with Crippen LogP contribution in [0, 0.1) is 6.92 Å². The van der Waals surface area contributed by atoms with Gasteiger partial charge in [0, 0.05) is 5.69 Å². The highest BCUT2D eigenvalue weighted by atomic mass is 16.5. The molecule has 2 aromatic carbocycles. The molecule has 0 aliphatic carbocycles. The second-order valence-corrected chi connectivity index (χ2v) is 5.46. The summed E-state index contributed by atoms with van der Waals surface area (Å²) in [5.41, 5.74) is 2.38. The quantitative estimate of drug-likeness (QED) is 0.882. The predicted molar refractivity (Wildman–Crippen MR) is 88.7 cm³/mol. The Balaban J connectivity index is 1.87. The predicted octanol–water partition coefficient (Wildman–Crippen LogP) is 2.75. The number of benzene rings is 2. The molecule has 0 saturated carbocycles. The van der Waals surface area contributed by atoms with E-state index in [0.29, 0.717) is 11.4 Å². The van der Waals surface area contributed by atoms with Crippen LogP contribution in [0.1, 0.15) is 12.0 Å². The molecule has 1 aliphatic rings. The normalized spacial score (nSPS) is 17.5. The second kappa shape index (κ2) is 6.12. The number of carbonyl (C=O) groups is 2. The summed E-state index contributed by atoms with van der Waals surface area (Å²) in [6.45, 7) is 1.96. The molecule has 2 aromatic rings. The maximum absolute atomic E-state index is 12.7. The van der Waals surface area contributed by atoms with Gasteiger partial charge in [-0.15, -0.1) is 0 Å². The van der Waals surface area contributed by atoms with Gasteiger partial charge in [-0.3, -0.25) is 9.59 Å². The molecule has 0 spiro atoms. The lowest BCUT2D eigenvalue weighted by atomic mass is 10.1. The van der Waals surface area contributed by atoms with E-state index in [-0.39, 0.29) is 18.2 Å². The molecule has 118 valence electrons. The van der Waals surface area contributed by atoms with E-state index in [9.17, 15) is 9.59 Å². The molecule has 1 unspecified atom stereocenters. The number of methoxy groups -OCH3 is 1. The molecule has 0 radical (unpaired) electrons. The summed E-state index contributed by atoms with van der Waals surface area (Å²) in [5.74, 6) is 0.0130. The number of ether oxygens (including phenoxy) is 1. The van der Waals surface area contributed by atoms with E-state index >= 15 is 0 Å². The van der Waals surface area contributed by atoms with E-state index in [2.05, 4.69) is 5.32 Å². The molecule has 1 heterocycles. The third kappa shape index (κ3) is 2.77. The molecule has 5 heteroatoms. The monoisotopic (exact) mass is 310 g/mol. The Morgan fingerprint density at radius 1 is 1.09 bits per heavy atom. The van der Waals surface area contributed by atoms with Gasteiger partial charge >= 0.3 is 0 Å². The molecule has 1 N–H and O–H groups in total. The molecule has 3 rings (SSSR count). The Bertz CT molecular complexity index is 757. The summed E-state index contributed by atoms with van der Waals surface area (Å²) >= 11 is 0. The lowest BCUT2D eigenvalue weighted by Crippen LogP contribution is -2.35. The average molecular weight is 310 g/mol. The minimum Gasteiger partial charge on any atom is -0.495 e. The Labute approximate surface area is 134 Å². The van der Waals surface area contributed by atoms with Gasteiger partial charge in [-0.1, -0.05) is 30.3 Å². The summed E-state index contributed by atoms with van der Waals surface area (Å²) in [6.07, 6.45) is 0.130. The molecule has 23 heavy (non-hydrogen) atoms. The number of hydrogen-bond donors (Lipinski definition) is 1. The molecular formula is C18H18N2O3. The van der Waals surface area contributed by atoms with Crippen molar-refractivity contribution in [1.29, 1.82) is 0 Å². The topological polar surface area (TPSA) is 58.6 Å². The highest BCUT2D eigenvalue weighted by Crippen LogP contribution is 2.32. The van der Waals surface area contributed by atoms with Gasteiger partial charge in [0.1, 0.15) is 11.8 Å². The zero-order chi connectivity index (χ0) is 16.4. The number of anilines is 2. The average Bonchev–Trinajstić information content (AvgIpc) is 2.83. The van der Waals surface area contributed by atoms with E-state index in [1.54, 1.807) is 24.3 Å². The molecule has 1 atom stereocenters. The van der Waals surface area contributed by atoms with Crippen molar-refractivity contribution in [2.75, 3.05) is 17.3 Å². The van der Waals surface area contributed by atoms with E-state index in [4.69, 9.17) is 4.74 Å². The van der Waals surface area contributed by atoms with Crippen LogP contribution in [0.5, 0.6) is 5.75 Å². The minimum absolute atomic E-state index is 0.130. The molecular weight excluding hydrogens is 292 g/mol. The highest BCUT2D eigenvalue weighted by Gasteiger charge is 2.40. The van der Waals surface area contributed by atoms with Crippen molar-refractivity contribution in [3.8, 4) is 5.75 Å². The Hall–Kier alpha value is -2.82. The van der Waals surface area contributed by atoms with Crippen LogP contribution in [0.4, 0.5) is 11.4 Å². The molecule has 1 aliphatic heterocycles. The molecule has 1 saturated heterocycles. The Kier molecular flexibility index (Phi) is 4.02. The summed E-state index contributed by atoms with van der Waals surface area (Å²) in [4.78, 5) is 26.2. The van der Waals surface area contributed by atoms with E-state index < -0.39 is 6.04 Å². The van der Waals surface area contributed by atoms with E-state index in [1.807, 2.05) is 31.2 Å². The third-order valence-electron chi connectivity index (χ3n) is 3.95. The largest absolute Gasteiger partial charge is 0.495 e. The first-order valence-electron chi connectivity index (χ1n) is 7.44. The second-order valence-electron chi connectivity index (χ2n) is 5.46. The van der Waals surface area contributed by atoms with Crippen LogP contribution in [0.2, 0.25) is 0 Å². The number of aryl methyl sites for hydroxylation is 1. The minimum atomic E-state index is -0.562. The number of rotatable bonds is 4. The number of carbonyl (C=O) groups excluding carboxylic acids is 2. The Morgan fingerprint density at radius 3 is 2.52 bits per heavy atom. The summed E-state index contributed by atoms with van der Waals surface area (Å²) in [6, 6.07) is 14.2. The van der Waals surface area contributed by atoms with Gasteiger partial charge in [0.05, 0.1) is 19.2 Å². The van der Waals surface area contributed by atoms with Crippen molar-refractivity contribution in [1.82, 2.24) is 0 Å². The van der Waals surface area contributed by atoms with Crippen LogP contribution in [-0.4, -0.2) is 25.0 Å². The fourth-order valence-electron chi connectivity index (χ4n) is 2.73. The number of hydrogen-bond acceptors (Lipinski definition) is 4.